The molecule has 1 aromatic rings. The van der Waals surface area contributed by atoms with Gasteiger partial charge in [0, 0.05) is 18.4 Å². The number of aliphatic carboxylic acids is 1. The molecule has 0 radical (unpaired) electrons. The molecule has 19 heavy (non-hydrogen) atoms. The van der Waals surface area contributed by atoms with Crippen LogP contribution in [0.1, 0.15) is 18.9 Å². The highest BCUT2D eigenvalue weighted by atomic mass is 79.9. The SMILES string of the molecule is CCO[C@@H](Cc1ccc(OCCCBr)cc1)C(=O)O. The molecule has 1 rings (SSSR count). The lowest BCUT2D eigenvalue weighted by Gasteiger charge is -2.12. The van der Waals surface area contributed by atoms with Gasteiger partial charge in [-0.15, -0.1) is 0 Å². The van der Waals surface area contributed by atoms with E-state index in [1.807, 2.05) is 24.3 Å². The molecule has 0 saturated carbocycles. The fraction of sp³-hybridized carbons (Fsp3) is 0.500. The van der Waals surface area contributed by atoms with Gasteiger partial charge in [-0.2, -0.15) is 0 Å². The molecular weight excluding hydrogens is 312 g/mol. The monoisotopic (exact) mass is 330 g/mol. The number of ether oxygens (including phenoxy) is 2. The Morgan fingerprint density at radius 1 is 1.37 bits per heavy atom. The van der Waals surface area contributed by atoms with Crippen LogP contribution < -0.4 is 4.74 Å². The molecule has 106 valence electrons. The average molecular weight is 331 g/mol. The zero-order chi connectivity index (χ0) is 14.1. The number of hydrogen-bond donors (Lipinski definition) is 1. The normalized spacial score (nSPS) is 12.1. The third-order valence-electron chi connectivity index (χ3n) is 2.53. The molecule has 0 heterocycles. The predicted molar refractivity (Wildman–Crippen MR) is 77.1 cm³/mol. The number of carboxylic acid groups (broad SMARTS) is 1. The minimum absolute atomic E-state index is 0.366. The lowest BCUT2D eigenvalue weighted by molar-refractivity contribution is -0.149. The standard InChI is InChI=1S/C14H19BrO4/c1-2-18-13(14(16)17)10-11-4-6-12(7-5-11)19-9-3-8-15/h4-7,13H,2-3,8-10H2,1H3,(H,16,17)/t13-/m0/s1. The van der Waals surface area contributed by atoms with Crippen LogP contribution in [0.25, 0.3) is 0 Å². The van der Waals surface area contributed by atoms with E-state index in [0.717, 1.165) is 23.1 Å². The van der Waals surface area contributed by atoms with Gasteiger partial charge >= 0.3 is 5.97 Å². The summed E-state index contributed by atoms with van der Waals surface area (Å²) in [5, 5.41) is 9.93. The van der Waals surface area contributed by atoms with Crippen LogP contribution in [-0.4, -0.2) is 35.7 Å². The third kappa shape index (κ3) is 6.07. The van der Waals surface area contributed by atoms with Gasteiger partial charge in [0.15, 0.2) is 6.10 Å². The molecule has 0 unspecified atom stereocenters. The van der Waals surface area contributed by atoms with E-state index in [1.54, 1.807) is 6.92 Å². The van der Waals surface area contributed by atoms with Gasteiger partial charge < -0.3 is 14.6 Å². The molecule has 0 aliphatic carbocycles. The summed E-state index contributed by atoms with van der Waals surface area (Å²) < 4.78 is 10.7. The molecular formula is C14H19BrO4. The average Bonchev–Trinajstić information content (AvgIpc) is 2.40. The minimum Gasteiger partial charge on any atom is -0.494 e. The second-order valence-electron chi connectivity index (χ2n) is 4.02. The van der Waals surface area contributed by atoms with Crippen LogP contribution in [0, 0.1) is 0 Å². The molecule has 5 heteroatoms. The van der Waals surface area contributed by atoms with Gasteiger partial charge in [-0.05, 0) is 31.0 Å². The molecule has 0 aliphatic rings. The molecule has 1 atom stereocenters. The van der Waals surface area contributed by atoms with Crippen LogP contribution in [0.4, 0.5) is 0 Å². The highest BCUT2D eigenvalue weighted by Gasteiger charge is 2.17. The Balaban J connectivity index is 2.52. The van der Waals surface area contributed by atoms with E-state index in [2.05, 4.69) is 15.9 Å². The van der Waals surface area contributed by atoms with Crippen molar-refractivity contribution < 1.29 is 19.4 Å². The molecule has 1 aromatic carbocycles. The quantitative estimate of drug-likeness (QED) is 0.558. The second kappa shape index (κ2) is 8.93. The van der Waals surface area contributed by atoms with Gasteiger partial charge in [0.2, 0.25) is 0 Å². The number of hydrogen-bond acceptors (Lipinski definition) is 3. The summed E-state index contributed by atoms with van der Waals surface area (Å²) in [6.07, 6.45) is 0.531. The molecule has 0 amide bonds. The van der Waals surface area contributed by atoms with Crippen molar-refractivity contribution >= 4 is 21.9 Å². The van der Waals surface area contributed by atoms with Crippen LogP contribution in [0.2, 0.25) is 0 Å². The van der Waals surface area contributed by atoms with Crippen LogP contribution in [0.15, 0.2) is 24.3 Å². The third-order valence-corrected chi connectivity index (χ3v) is 3.10. The maximum atomic E-state index is 11.0. The molecule has 0 aliphatic heterocycles. The summed E-state index contributed by atoms with van der Waals surface area (Å²) in [7, 11) is 0. The van der Waals surface area contributed by atoms with Crippen molar-refractivity contribution in [3.05, 3.63) is 29.8 Å². The Morgan fingerprint density at radius 3 is 2.58 bits per heavy atom. The summed E-state index contributed by atoms with van der Waals surface area (Å²) in [4.78, 5) is 11.0. The van der Waals surface area contributed by atoms with E-state index in [0.29, 0.717) is 19.6 Å². The lowest BCUT2D eigenvalue weighted by atomic mass is 10.1. The van der Waals surface area contributed by atoms with Crippen molar-refractivity contribution in [1.29, 1.82) is 0 Å². The summed E-state index contributed by atoms with van der Waals surface area (Å²) in [5.41, 5.74) is 0.925. The highest BCUT2D eigenvalue weighted by Crippen LogP contribution is 2.14. The maximum absolute atomic E-state index is 11.0. The molecule has 0 spiro atoms. The molecule has 1 N–H and O–H groups in total. The highest BCUT2D eigenvalue weighted by molar-refractivity contribution is 9.09. The van der Waals surface area contributed by atoms with Crippen LogP contribution >= 0.6 is 15.9 Å². The Bertz CT molecular complexity index is 378. The lowest BCUT2D eigenvalue weighted by Crippen LogP contribution is -2.26. The van der Waals surface area contributed by atoms with E-state index in [4.69, 9.17) is 14.6 Å². The zero-order valence-corrected chi connectivity index (χ0v) is 12.6. The first kappa shape index (κ1) is 16.0. The van der Waals surface area contributed by atoms with Crippen molar-refractivity contribution in [2.24, 2.45) is 0 Å². The van der Waals surface area contributed by atoms with Gasteiger partial charge in [-0.3, -0.25) is 0 Å². The first-order valence-electron chi connectivity index (χ1n) is 6.29. The molecule has 0 bridgehead atoms. The number of halogens is 1. The van der Waals surface area contributed by atoms with E-state index < -0.39 is 12.1 Å². The fourth-order valence-electron chi connectivity index (χ4n) is 1.60. The first-order valence-corrected chi connectivity index (χ1v) is 7.41. The molecule has 0 fully saturated rings. The van der Waals surface area contributed by atoms with Gasteiger partial charge in [0.1, 0.15) is 5.75 Å². The van der Waals surface area contributed by atoms with E-state index in [1.165, 1.54) is 0 Å². The number of alkyl halides is 1. The largest absolute Gasteiger partial charge is 0.494 e. The maximum Gasteiger partial charge on any atom is 0.333 e. The summed E-state index contributed by atoms with van der Waals surface area (Å²) >= 11 is 3.34. The Morgan fingerprint density at radius 2 is 2.05 bits per heavy atom. The zero-order valence-electron chi connectivity index (χ0n) is 11.0. The smallest absolute Gasteiger partial charge is 0.333 e. The van der Waals surface area contributed by atoms with Crippen molar-refractivity contribution in [2.75, 3.05) is 18.5 Å². The minimum atomic E-state index is -0.931. The summed E-state index contributed by atoms with van der Waals surface area (Å²) in [6, 6.07) is 7.46. The fourth-order valence-corrected chi connectivity index (χ4v) is 1.83. The van der Waals surface area contributed by atoms with Gasteiger partial charge in [0.25, 0.3) is 0 Å². The number of rotatable bonds is 9. The van der Waals surface area contributed by atoms with E-state index in [9.17, 15) is 4.79 Å². The first-order chi connectivity index (χ1) is 9.17. The molecule has 0 saturated heterocycles. The van der Waals surface area contributed by atoms with Gasteiger partial charge in [0.05, 0.1) is 6.61 Å². The number of benzene rings is 1. The van der Waals surface area contributed by atoms with E-state index in [-0.39, 0.29) is 0 Å². The Hall–Kier alpha value is -1.07. The molecule has 4 nitrogen and oxygen atoms in total. The second-order valence-corrected chi connectivity index (χ2v) is 4.81. The molecule has 0 aromatic heterocycles. The van der Waals surface area contributed by atoms with Gasteiger partial charge in [-0.1, -0.05) is 28.1 Å². The van der Waals surface area contributed by atoms with Crippen molar-refractivity contribution in [1.82, 2.24) is 0 Å². The Labute approximate surface area is 121 Å². The Kier molecular flexibility index (Phi) is 7.52. The van der Waals surface area contributed by atoms with E-state index >= 15 is 0 Å². The van der Waals surface area contributed by atoms with Crippen LogP contribution in [0.5, 0.6) is 5.75 Å². The van der Waals surface area contributed by atoms with Crippen molar-refractivity contribution in [3.63, 3.8) is 0 Å². The van der Waals surface area contributed by atoms with Crippen molar-refractivity contribution in [3.8, 4) is 5.75 Å². The number of carbonyl (C=O) groups is 1. The summed E-state index contributed by atoms with van der Waals surface area (Å²) in [6.45, 7) is 2.85. The predicted octanol–water partition coefficient (Wildman–Crippen LogP) is 2.88. The van der Waals surface area contributed by atoms with Crippen molar-refractivity contribution in [2.45, 2.75) is 25.9 Å². The summed E-state index contributed by atoms with van der Waals surface area (Å²) in [5.74, 6) is -0.132. The van der Waals surface area contributed by atoms with Crippen LogP contribution in [0.3, 0.4) is 0 Å². The van der Waals surface area contributed by atoms with Gasteiger partial charge in [-0.25, -0.2) is 4.79 Å². The van der Waals surface area contributed by atoms with Crippen LogP contribution in [-0.2, 0) is 16.0 Å². The number of carboxylic acids is 1. The topological polar surface area (TPSA) is 55.8 Å².